The molecule has 80 valence electrons. The number of carbonyl (C=O) groups excluding carboxylic acids is 1. The van der Waals surface area contributed by atoms with Crippen LogP contribution in [0.1, 0.15) is 12.5 Å². The van der Waals surface area contributed by atoms with Crippen molar-refractivity contribution in [2.45, 2.75) is 13.5 Å². The van der Waals surface area contributed by atoms with Gasteiger partial charge in [-0.15, -0.1) is 0 Å². The Hall–Kier alpha value is -1.77. The average molecular weight is 205 g/mol. The van der Waals surface area contributed by atoms with Crippen molar-refractivity contribution in [1.82, 2.24) is 5.32 Å². The Morgan fingerprint density at radius 3 is 2.67 bits per heavy atom. The van der Waals surface area contributed by atoms with Crippen molar-refractivity contribution in [3.05, 3.63) is 47.7 Å². The van der Waals surface area contributed by atoms with Gasteiger partial charge in [0.05, 0.1) is 7.11 Å². The van der Waals surface area contributed by atoms with Crippen molar-refractivity contribution in [3.63, 3.8) is 0 Å². The maximum absolute atomic E-state index is 11.0. The molecule has 1 aromatic rings. The van der Waals surface area contributed by atoms with Crippen molar-refractivity contribution >= 4 is 5.97 Å². The molecule has 1 rings (SSSR count). The summed E-state index contributed by atoms with van der Waals surface area (Å²) in [6, 6.07) is 9.98. The van der Waals surface area contributed by atoms with Gasteiger partial charge in [-0.1, -0.05) is 30.3 Å². The summed E-state index contributed by atoms with van der Waals surface area (Å²) in [5.41, 5.74) is 1.74. The van der Waals surface area contributed by atoms with E-state index in [1.807, 2.05) is 30.3 Å². The van der Waals surface area contributed by atoms with E-state index in [0.29, 0.717) is 12.1 Å². The Labute approximate surface area is 89.8 Å². The van der Waals surface area contributed by atoms with Gasteiger partial charge in [0, 0.05) is 18.3 Å². The molecular weight excluding hydrogens is 190 g/mol. The highest BCUT2D eigenvalue weighted by molar-refractivity contribution is 5.87. The summed E-state index contributed by atoms with van der Waals surface area (Å²) in [5.74, 6) is -0.310. The lowest BCUT2D eigenvalue weighted by Crippen LogP contribution is -2.09. The Kier molecular flexibility index (Phi) is 4.41. The zero-order chi connectivity index (χ0) is 11.1. The van der Waals surface area contributed by atoms with E-state index in [2.05, 4.69) is 10.1 Å². The van der Waals surface area contributed by atoms with Gasteiger partial charge in [-0.3, -0.25) is 0 Å². The summed E-state index contributed by atoms with van der Waals surface area (Å²) in [6.07, 6.45) is 1.67. The lowest BCUT2D eigenvalue weighted by molar-refractivity contribution is -0.136. The molecule has 0 spiro atoms. The third-order valence-corrected chi connectivity index (χ3v) is 1.97. The standard InChI is InChI=1S/C12H15NO2/c1-10(12(14)15-2)8-13-9-11-6-4-3-5-7-11/h3-8,13H,9H2,1-2H3. The predicted molar refractivity (Wildman–Crippen MR) is 59.1 cm³/mol. The lowest BCUT2D eigenvalue weighted by atomic mass is 10.2. The van der Waals surface area contributed by atoms with E-state index in [1.165, 1.54) is 12.7 Å². The van der Waals surface area contributed by atoms with Crippen LogP contribution in [0.3, 0.4) is 0 Å². The van der Waals surface area contributed by atoms with E-state index < -0.39 is 0 Å². The zero-order valence-electron chi connectivity index (χ0n) is 8.99. The van der Waals surface area contributed by atoms with Crippen molar-refractivity contribution in [3.8, 4) is 0 Å². The third kappa shape index (κ3) is 3.85. The maximum atomic E-state index is 11.0. The van der Waals surface area contributed by atoms with Gasteiger partial charge in [-0.25, -0.2) is 4.79 Å². The van der Waals surface area contributed by atoms with Crippen LogP contribution in [0.15, 0.2) is 42.1 Å². The van der Waals surface area contributed by atoms with Crippen LogP contribution in [0, 0.1) is 0 Å². The summed E-state index contributed by atoms with van der Waals surface area (Å²) < 4.78 is 4.57. The highest BCUT2D eigenvalue weighted by Gasteiger charge is 2.01. The van der Waals surface area contributed by atoms with Gasteiger partial charge in [-0.05, 0) is 12.5 Å². The molecule has 0 radical (unpaired) electrons. The minimum absolute atomic E-state index is 0.310. The molecule has 0 amide bonds. The monoisotopic (exact) mass is 205 g/mol. The molecule has 1 N–H and O–H groups in total. The first kappa shape index (κ1) is 11.3. The molecule has 0 saturated heterocycles. The number of nitrogens with one attached hydrogen (secondary N) is 1. The normalized spacial score (nSPS) is 10.9. The van der Waals surface area contributed by atoms with Gasteiger partial charge in [-0.2, -0.15) is 0 Å². The molecule has 0 atom stereocenters. The van der Waals surface area contributed by atoms with Gasteiger partial charge in [0.25, 0.3) is 0 Å². The summed E-state index contributed by atoms with van der Waals surface area (Å²) >= 11 is 0. The quantitative estimate of drug-likeness (QED) is 0.602. The fourth-order valence-corrected chi connectivity index (χ4v) is 1.14. The first-order chi connectivity index (χ1) is 7.24. The first-order valence-electron chi connectivity index (χ1n) is 4.76. The molecule has 0 aromatic heterocycles. The second-order valence-electron chi connectivity index (χ2n) is 3.19. The third-order valence-electron chi connectivity index (χ3n) is 1.97. The Morgan fingerprint density at radius 2 is 2.07 bits per heavy atom. The molecular formula is C12H15NO2. The number of hydrogen-bond acceptors (Lipinski definition) is 3. The fourth-order valence-electron chi connectivity index (χ4n) is 1.14. The van der Waals surface area contributed by atoms with Gasteiger partial charge in [0.15, 0.2) is 0 Å². The Balaban J connectivity index is 2.42. The van der Waals surface area contributed by atoms with E-state index in [1.54, 1.807) is 13.1 Å². The average Bonchev–Trinajstić information content (AvgIpc) is 2.29. The number of esters is 1. The molecule has 15 heavy (non-hydrogen) atoms. The SMILES string of the molecule is COC(=O)C(C)=CNCc1ccccc1. The molecule has 3 nitrogen and oxygen atoms in total. The lowest BCUT2D eigenvalue weighted by Gasteiger charge is -2.02. The molecule has 0 aliphatic heterocycles. The van der Waals surface area contributed by atoms with E-state index in [0.717, 1.165) is 0 Å². The van der Waals surface area contributed by atoms with E-state index in [4.69, 9.17) is 0 Å². The highest BCUT2D eigenvalue weighted by Crippen LogP contribution is 1.98. The minimum atomic E-state index is -0.310. The van der Waals surface area contributed by atoms with Crippen LogP contribution in [0.25, 0.3) is 0 Å². The van der Waals surface area contributed by atoms with Crippen LogP contribution in [0.2, 0.25) is 0 Å². The molecule has 0 fully saturated rings. The number of hydrogen-bond donors (Lipinski definition) is 1. The molecule has 0 unspecified atom stereocenters. The van der Waals surface area contributed by atoms with Gasteiger partial charge in [0.2, 0.25) is 0 Å². The topological polar surface area (TPSA) is 38.3 Å². The minimum Gasteiger partial charge on any atom is -0.466 e. The summed E-state index contributed by atoms with van der Waals surface area (Å²) in [5, 5.41) is 3.05. The molecule has 0 aliphatic rings. The molecule has 1 aromatic carbocycles. The van der Waals surface area contributed by atoms with Gasteiger partial charge in [0.1, 0.15) is 0 Å². The van der Waals surface area contributed by atoms with Crippen molar-refractivity contribution in [2.24, 2.45) is 0 Å². The molecule has 0 saturated carbocycles. The largest absolute Gasteiger partial charge is 0.466 e. The molecule has 0 aliphatic carbocycles. The van der Waals surface area contributed by atoms with Crippen LogP contribution < -0.4 is 5.32 Å². The van der Waals surface area contributed by atoms with Crippen LogP contribution in [0.5, 0.6) is 0 Å². The van der Waals surface area contributed by atoms with Crippen LogP contribution in [-0.2, 0) is 16.1 Å². The number of ether oxygens (including phenoxy) is 1. The van der Waals surface area contributed by atoms with Crippen LogP contribution >= 0.6 is 0 Å². The summed E-state index contributed by atoms with van der Waals surface area (Å²) in [4.78, 5) is 11.0. The fraction of sp³-hybridized carbons (Fsp3) is 0.250. The predicted octanol–water partition coefficient (Wildman–Crippen LogP) is 1.85. The highest BCUT2D eigenvalue weighted by atomic mass is 16.5. The Bertz CT molecular complexity index is 344. The van der Waals surface area contributed by atoms with E-state index in [9.17, 15) is 4.79 Å². The Morgan fingerprint density at radius 1 is 1.40 bits per heavy atom. The molecule has 0 heterocycles. The summed E-state index contributed by atoms with van der Waals surface area (Å²) in [7, 11) is 1.37. The number of benzene rings is 1. The first-order valence-corrected chi connectivity index (χ1v) is 4.76. The van der Waals surface area contributed by atoms with Crippen LogP contribution in [0.4, 0.5) is 0 Å². The van der Waals surface area contributed by atoms with Crippen LogP contribution in [-0.4, -0.2) is 13.1 Å². The van der Waals surface area contributed by atoms with Gasteiger partial charge >= 0.3 is 5.97 Å². The smallest absolute Gasteiger partial charge is 0.334 e. The molecule has 3 heteroatoms. The number of rotatable bonds is 4. The number of carbonyl (C=O) groups is 1. The zero-order valence-corrected chi connectivity index (χ0v) is 8.99. The molecule has 0 bridgehead atoms. The maximum Gasteiger partial charge on any atom is 0.334 e. The van der Waals surface area contributed by atoms with Crippen molar-refractivity contribution < 1.29 is 9.53 Å². The van der Waals surface area contributed by atoms with E-state index in [-0.39, 0.29) is 5.97 Å². The van der Waals surface area contributed by atoms with E-state index >= 15 is 0 Å². The second-order valence-corrected chi connectivity index (χ2v) is 3.19. The van der Waals surface area contributed by atoms with Crippen molar-refractivity contribution in [2.75, 3.05) is 7.11 Å². The van der Waals surface area contributed by atoms with Crippen molar-refractivity contribution in [1.29, 1.82) is 0 Å². The number of methoxy groups -OCH3 is 1. The second kappa shape index (κ2) is 5.86. The summed E-state index contributed by atoms with van der Waals surface area (Å²) in [6.45, 7) is 2.42. The van der Waals surface area contributed by atoms with Gasteiger partial charge < -0.3 is 10.1 Å².